The monoisotopic (exact) mass is 1470 g/mol. The zero-order chi connectivity index (χ0) is 69.6. The quantitative estimate of drug-likeness (QED) is 0.0374. The molecule has 0 unspecified atom stereocenters. The minimum absolute atomic E-state index is 0. The van der Waals surface area contributed by atoms with E-state index in [0.29, 0.717) is 100 Å². The first-order valence-electron chi connectivity index (χ1n) is 33.8. The van der Waals surface area contributed by atoms with Gasteiger partial charge in [0.15, 0.2) is 0 Å². The van der Waals surface area contributed by atoms with Gasteiger partial charge >= 0.3 is 18.4 Å². The minimum Gasteiger partial charge on any atom is -0.446 e. The van der Waals surface area contributed by atoms with Crippen molar-refractivity contribution in [2.75, 3.05) is 117 Å². The van der Waals surface area contributed by atoms with Gasteiger partial charge in [-0.25, -0.2) is 9.18 Å². The average molecular weight is 1470 g/mol. The van der Waals surface area contributed by atoms with Crippen molar-refractivity contribution in [3.63, 3.8) is 0 Å². The molecule has 0 aromatic heterocycles. The Labute approximate surface area is 604 Å². The largest absolute Gasteiger partial charge is 0.446 e. The molecule has 1 aliphatic carbocycles. The number of rotatable bonds is 27. The molecule has 101 heavy (non-hydrogen) atoms. The summed E-state index contributed by atoms with van der Waals surface area (Å²) in [6.07, 6.45) is -2.84. The van der Waals surface area contributed by atoms with Crippen LogP contribution in [0.25, 0.3) is 11.1 Å². The molecule has 5 amide bonds. The maximum absolute atomic E-state index is 14.2. The second-order valence-corrected chi connectivity index (χ2v) is 26.3. The Hall–Kier alpha value is -7.51. The topological polar surface area (TPSA) is 157 Å². The number of benzene rings is 6. The van der Waals surface area contributed by atoms with E-state index in [1.165, 1.54) is 24.3 Å². The van der Waals surface area contributed by atoms with E-state index in [2.05, 4.69) is 32.6 Å². The van der Waals surface area contributed by atoms with E-state index in [4.69, 9.17) is 14.2 Å². The van der Waals surface area contributed by atoms with Gasteiger partial charge in [0.2, 0.25) is 11.8 Å². The molecule has 6 aromatic rings. The second kappa shape index (κ2) is 36.6. The van der Waals surface area contributed by atoms with Crippen LogP contribution in [0.15, 0.2) is 146 Å². The van der Waals surface area contributed by atoms with Crippen LogP contribution in [-0.4, -0.2) is 178 Å². The SMILES string of the molecule is CN(CCN1CCC(OC(=O)Nc2ccccc2-c2ccccc2)CC1)C(=O)CCCCCCNc1ccc(C(=O)N(C)CCCN(C)C(=O)CO[C@H]2Cc3ccccc3C23CCN(CC[C@@]2(c4ccc(F)cc4)CN(C(=O)c4cc(C(F)(F)F)cc(C(F)(F)F)c4)CO2)CC3)cc1.Cl.Cl.Cl. The number of likely N-dealkylation sites (N-methyl/N-ethyl adjacent to an activating group) is 2. The van der Waals surface area contributed by atoms with Crippen molar-refractivity contribution in [1.29, 1.82) is 0 Å². The molecule has 2 atom stereocenters. The summed E-state index contributed by atoms with van der Waals surface area (Å²) in [4.78, 5) is 77.4. The number of hydrogen-bond donors (Lipinski definition) is 2. The summed E-state index contributed by atoms with van der Waals surface area (Å²) in [5, 5.41) is 6.37. The maximum atomic E-state index is 14.2. The summed E-state index contributed by atoms with van der Waals surface area (Å²) in [5.41, 5.74) is 1.23. The van der Waals surface area contributed by atoms with Crippen LogP contribution in [0.1, 0.15) is 119 Å². The molecule has 10 rings (SSSR count). The van der Waals surface area contributed by atoms with Crippen molar-refractivity contribution in [3.8, 4) is 11.1 Å². The highest BCUT2D eigenvalue weighted by Crippen LogP contribution is 2.49. The van der Waals surface area contributed by atoms with Crippen molar-refractivity contribution >= 4 is 78.3 Å². The van der Waals surface area contributed by atoms with Crippen molar-refractivity contribution in [3.05, 3.63) is 190 Å². The molecule has 4 aliphatic rings. The van der Waals surface area contributed by atoms with Gasteiger partial charge < -0.3 is 48.9 Å². The number of likely N-dealkylation sites (tertiary alicyclic amines) is 2. The van der Waals surface area contributed by atoms with Crippen LogP contribution in [-0.2, 0) is 53.6 Å². The number of para-hydroxylation sites is 1. The van der Waals surface area contributed by atoms with E-state index in [0.717, 1.165) is 97.5 Å². The predicted octanol–water partition coefficient (Wildman–Crippen LogP) is 14.6. The van der Waals surface area contributed by atoms with Crippen LogP contribution >= 0.6 is 37.2 Å². The standard InChI is InChI=1S/C75H87F7N8O8.3ClH/c1-85(37-15-38-87(3)69(93)54-23-29-61(30-24-54)83-36-14-5-4-9-22-67(91)86(2)44-45-88-39-31-62(32-40-88)98-71(95)84-65-21-13-11-19-63(65)53-16-7-6-8-17-53)68(92)50-96-66-48-55-18-10-12-20-64(55)72(66)33-41-89(42-34-72)43-35-73(57-25-27-60(76)28-26-57)51-90(52-97-73)70(94)56-46-58(74(77,78)79)49-59(47-56)75(80,81)82;;;/h6-8,10-13,16-21,23-30,46-47,49,62,66,83H,4-5,9,14-15,22,31-45,48,50-52H2,1-3H3,(H,84,95);3*1H/t66-,73-;;;/m0.../s1. The number of anilines is 2. The molecular formula is C75H90Cl3F7N8O8. The van der Waals surface area contributed by atoms with E-state index < -0.39 is 64.6 Å². The number of ether oxygens (including phenoxy) is 3. The van der Waals surface area contributed by atoms with Crippen molar-refractivity contribution in [1.82, 2.24) is 29.4 Å². The number of alkyl halides is 6. The summed E-state index contributed by atoms with van der Waals surface area (Å²) in [6, 6.07) is 39.4. The van der Waals surface area contributed by atoms with Gasteiger partial charge in [-0.2, -0.15) is 26.3 Å². The number of fused-ring (bicyclic) bond motifs is 2. The molecule has 548 valence electrons. The third kappa shape index (κ3) is 21.1. The maximum Gasteiger partial charge on any atom is 0.416 e. The Balaban J connectivity index is 0.00000477. The van der Waals surface area contributed by atoms with Crippen LogP contribution in [0.4, 0.5) is 46.9 Å². The van der Waals surface area contributed by atoms with Gasteiger partial charge in [-0.3, -0.25) is 24.5 Å². The zero-order valence-electron chi connectivity index (χ0n) is 57.0. The van der Waals surface area contributed by atoms with Crippen LogP contribution < -0.4 is 10.6 Å². The zero-order valence-corrected chi connectivity index (χ0v) is 59.5. The number of unbranched alkanes of at least 4 members (excludes halogenated alkanes) is 3. The summed E-state index contributed by atoms with van der Waals surface area (Å²) in [6.45, 7) is 5.41. The molecule has 3 aliphatic heterocycles. The molecule has 0 saturated carbocycles. The Morgan fingerprint density at radius 1 is 0.634 bits per heavy atom. The van der Waals surface area contributed by atoms with Gasteiger partial charge in [-0.05, 0) is 154 Å². The first-order valence-corrected chi connectivity index (χ1v) is 33.8. The number of nitrogens with one attached hydrogen (secondary N) is 2. The lowest BCUT2D eigenvalue weighted by Crippen LogP contribution is -2.50. The van der Waals surface area contributed by atoms with Crippen LogP contribution in [0, 0.1) is 5.82 Å². The average Bonchev–Trinajstić information content (AvgIpc) is 1.58. The Kier molecular flexibility index (Phi) is 29.3. The molecule has 2 N–H and O–H groups in total. The molecule has 16 nitrogen and oxygen atoms in total. The smallest absolute Gasteiger partial charge is 0.416 e. The molecule has 3 fully saturated rings. The first-order chi connectivity index (χ1) is 47.0. The lowest BCUT2D eigenvalue weighted by molar-refractivity contribution is -0.143. The van der Waals surface area contributed by atoms with Crippen LogP contribution in [0.5, 0.6) is 0 Å². The van der Waals surface area contributed by atoms with E-state index >= 15 is 0 Å². The molecule has 3 heterocycles. The second-order valence-electron chi connectivity index (χ2n) is 26.3. The van der Waals surface area contributed by atoms with E-state index in [1.807, 2.05) is 90.8 Å². The van der Waals surface area contributed by atoms with Gasteiger partial charge in [-0.15, -0.1) is 37.2 Å². The Morgan fingerprint density at radius 3 is 1.93 bits per heavy atom. The number of carbonyl (C=O) groups excluding carboxylic acids is 5. The van der Waals surface area contributed by atoms with Crippen molar-refractivity contribution < 1.29 is 68.9 Å². The van der Waals surface area contributed by atoms with Gasteiger partial charge in [0.25, 0.3) is 11.8 Å². The molecule has 0 radical (unpaired) electrons. The van der Waals surface area contributed by atoms with Gasteiger partial charge in [0.05, 0.1) is 29.5 Å². The third-order valence-electron chi connectivity index (χ3n) is 19.8. The minimum atomic E-state index is -5.15. The highest BCUT2D eigenvalue weighted by Gasteiger charge is 2.50. The number of halogens is 10. The Bertz CT molecular complexity index is 3670. The number of piperidine rings is 2. The fourth-order valence-corrected chi connectivity index (χ4v) is 13.9. The van der Waals surface area contributed by atoms with E-state index in [-0.39, 0.29) is 92.8 Å². The Morgan fingerprint density at radius 2 is 1.25 bits per heavy atom. The lowest BCUT2D eigenvalue weighted by Gasteiger charge is -2.44. The van der Waals surface area contributed by atoms with Crippen molar-refractivity contribution in [2.24, 2.45) is 0 Å². The summed E-state index contributed by atoms with van der Waals surface area (Å²) >= 11 is 0. The summed E-state index contributed by atoms with van der Waals surface area (Å²) in [7, 11) is 5.32. The molecule has 26 heteroatoms. The first kappa shape index (κ1) is 80.8. The van der Waals surface area contributed by atoms with Gasteiger partial charge in [-0.1, -0.05) is 97.8 Å². The van der Waals surface area contributed by atoms with Crippen LogP contribution in [0.3, 0.4) is 0 Å². The number of amides is 5. The van der Waals surface area contributed by atoms with Crippen LogP contribution in [0.2, 0.25) is 0 Å². The molecule has 3 saturated heterocycles. The van der Waals surface area contributed by atoms with Gasteiger partial charge in [0, 0.05) is 108 Å². The fourth-order valence-electron chi connectivity index (χ4n) is 13.9. The fraction of sp³-hybridized carbons (Fsp3) is 0.453. The normalized spacial score (nSPS) is 17.6. The van der Waals surface area contributed by atoms with E-state index in [9.17, 15) is 54.7 Å². The number of carbonyl (C=O) groups is 5. The highest BCUT2D eigenvalue weighted by molar-refractivity contribution is 5.95. The summed E-state index contributed by atoms with van der Waals surface area (Å²) < 4.78 is 116. The third-order valence-corrected chi connectivity index (χ3v) is 19.8. The van der Waals surface area contributed by atoms with Crippen molar-refractivity contribution in [2.45, 2.75) is 113 Å². The predicted molar refractivity (Wildman–Crippen MR) is 381 cm³/mol. The van der Waals surface area contributed by atoms with E-state index in [1.54, 1.807) is 36.0 Å². The number of hydrogen-bond acceptors (Lipinski definition) is 11. The highest BCUT2D eigenvalue weighted by atomic mass is 35.5. The lowest BCUT2D eigenvalue weighted by atomic mass is 9.72. The number of nitrogens with zero attached hydrogens (tertiary/aromatic N) is 6. The molecule has 1 spiro atoms. The molecular weight excluding hydrogens is 1380 g/mol. The molecule has 0 bridgehead atoms. The summed E-state index contributed by atoms with van der Waals surface area (Å²) in [5.74, 6) is -1.79. The van der Waals surface area contributed by atoms with Gasteiger partial charge in [0.1, 0.15) is 30.9 Å². The molecule has 6 aromatic carbocycles.